The quantitative estimate of drug-likeness (QED) is 0.0834. The number of hydrogen-bond donors (Lipinski definition) is 4. The van der Waals surface area contributed by atoms with E-state index in [0.29, 0.717) is 72.1 Å². The fourth-order valence-corrected chi connectivity index (χ4v) is 6.81. The highest BCUT2D eigenvalue weighted by molar-refractivity contribution is 8.03. The molecule has 0 spiro atoms. The summed E-state index contributed by atoms with van der Waals surface area (Å²) in [5, 5.41) is 30.9. The molecule has 2 saturated heterocycles. The molecular weight excluding hydrogens is 835 g/mol. The van der Waals surface area contributed by atoms with Gasteiger partial charge in [-0.25, -0.2) is 29.1 Å². The van der Waals surface area contributed by atoms with E-state index in [9.17, 15) is 19.2 Å². The molecule has 0 aromatic carbocycles. The molecule has 2 fully saturated rings. The number of carbonyl (C=O) groups excluding carboxylic acids is 4. The highest BCUT2D eigenvalue weighted by atomic mass is 32.2. The second kappa shape index (κ2) is 19.0. The maximum absolute atomic E-state index is 12.4. The highest BCUT2D eigenvalue weighted by Crippen LogP contribution is 2.29. The van der Waals surface area contributed by atoms with Crippen molar-refractivity contribution in [1.82, 2.24) is 39.8 Å². The Labute approximate surface area is 370 Å². The number of nitrogens with one attached hydrogen (secondary N) is 4. The molecule has 2 atom stereocenters. The van der Waals surface area contributed by atoms with Crippen molar-refractivity contribution < 1.29 is 38.1 Å². The summed E-state index contributed by atoms with van der Waals surface area (Å²) in [5.41, 5.74) is -1.36. The number of carbonyl (C=O) groups is 4. The van der Waals surface area contributed by atoms with E-state index in [0.717, 1.165) is 18.2 Å². The third kappa shape index (κ3) is 14.4. The van der Waals surface area contributed by atoms with Crippen molar-refractivity contribution in [3.63, 3.8) is 0 Å². The van der Waals surface area contributed by atoms with Gasteiger partial charge in [0.2, 0.25) is 0 Å². The van der Waals surface area contributed by atoms with E-state index in [4.69, 9.17) is 24.2 Å². The number of nitriles is 1. The molecule has 4 aromatic heterocycles. The maximum Gasteiger partial charge on any atom is 0.413 e. The fourth-order valence-electron chi connectivity index (χ4n) is 6.39. The number of alkyl carbamates (subject to hydrolysis) is 2. The van der Waals surface area contributed by atoms with Gasteiger partial charge in [0, 0.05) is 44.4 Å². The average molecular weight is 894 g/mol. The second-order valence-electron chi connectivity index (χ2n) is 18.9. The van der Waals surface area contributed by atoms with E-state index in [-0.39, 0.29) is 12.1 Å². The summed E-state index contributed by atoms with van der Waals surface area (Å²) in [6, 6.07) is 5.04. The molecule has 21 nitrogen and oxygen atoms in total. The molecular formula is C41H59N13O8S. The molecule has 4 aromatic rings. The van der Waals surface area contributed by atoms with Gasteiger partial charge in [0.15, 0.2) is 11.3 Å². The molecule has 0 unspecified atom stereocenters. The van der Waals surface area contributed by atoms with Crippen molar-refractivity contribution in [1.29, 1.82) is 5.26 Å². The van der Waals surface area contributed by atoms with Crippen LogP contribution in [0.5, 0.6) is 0 Å². The van der Waals surface area contributed by atoms with Gasteiger partial charge in [0.1, 0.15) is 51.1 Å². The number of amides is 4. The standard InChI is InChI=1S/C21H29N7O4S.C20H30N6O4/c1-20(2,3)31-18(29)24-13-7-8-27(11-13)15-9-16(26-19(30)32-21(4,5)6)28-17(25-15)14(10-23-28)33-12-22;1-19(2,3)29-17(27)22-13-8-10-25(12-13)15-11-16(24-18(28)30-20(4,5)6)26-14(23-15)7-9-21-26/h9-10,13H,7-8,11H2,1-6H3,(H,24,29)(H,26,30);7,9,11,13H,8,10,12H2,1-6H3,(H,22,27)(H,24,28)/t2*13-/m00/s1. The number of thiocyanates is 1. The van der Waals surface area contributed by atoms with Crippen LogP contribution in [0, 0.1) is 10.7 Å². The van der Waals surface area contributed by atoms with Crippen LogP contribution in [0.15, 0.2) is 35.5 Å². The Balaban J connectivity index is 0.000000239. The lowest BCUT2D eigenvalue weighted by Crippen LogP contribution is -2.40. The molecule has 2 aliphatic heterocycles. The number of nitrogens with zero attached hydrogens (tertiary/aromatic N) is 9. The molecule has 2 aliphatic rings. The van der Waals surface area contributed by atoms with Crippen LogP contribution in [-0.4, -0.2) is 114 Å². The molecule has 0 aliphatic carbocycles. The number of ether oxygens (including phenoxy) is 4. The minimum absolute atomic E-state index is 0.0509. The lowest BCUT2D eigenvalue weighted by molar-refractivity contribution is 0.0497. The van der Waals surface area contributed by atoms with Crippen LogP contribution >= 0.6 is 11.8 Å². The van der Waals surface area contributed by atoms with Gasteiger partial charge in [0.05, 0.1) is 29.4 Å². The summed E-state index contributed by atoms with van der Waals surface area (Å²) in [4.78, 5) is 62.7. The molecule has 0 bridgehead atoms. The summed E-state index contributed by atoms with van der Waals surface area (Å²) in [6.07, 6.45) is 2.52. The van der Waals surface area contributed by atoms with E-state index >= 15 is 0 Å². The van der Waals surface area contributed by atoms with Crippen LogP contribution in [0.1, 0.15) is 95.9 Å². The lowest BCUT2D eigenvalue weighted by Gasteiger charge is -2.23. The van der Waals surface area contributed by atoms with Crippen LogP contribution in [0.2, 0.25) is 0 Å². The summed E-state index contributed by atoms with van der Waals surface area (Å²) < 4.78 is 24.4. The SMILES string of the molecule is CC(C)(C)OC(=O)Nc1cc(N2CC[C@H](NC(=O)OC(C)(C)C)C2)nc2c(SC#N)cnn12.CC(C)(C)OC(=O)Nc1cc(N2CC[C@H](NC(=O)OC(C)(C)C)C2)nc2ccnn12. The predicted octanol–water partition coefficient (Wildman–Crippen LogP) is 6.93. The van der Waals surface area contributed by atoms with Gasteiger partial charge < -0.3 is 39.4 Å². The van der Waals surface area contributed by atoms with Gasteiger partial charge in [-0.3, -0.25) is 10.6 Å². The summed E-state index contributed by atoms with van der Waals surface area (Å²) in [5.74, 6) is 2.08. The predicted molar refractivity (Wildman–Crippen MR) is 237 cm³/mol. The van der Waals surface area contributed by atoms with Crippen molar-refractivity contribution in [2.75, 3.05) is 46.6 Å². The maximum atomic E-state index is 12.4. The van der Waals surface area contributed by atoms with Crippen molar-refractivity contribution >= 4 is 70.7 Å². The third-order valence-electron chi connectivity index (χ3n) is 8.65. The van der Waals surface area contributed by atoms with Crippen molar-refractivity contribution in [3.8, 4) is 5.40 Å². The molecule has 4 amide bonds. The molecule has 0 saturated carbocycles. The van der Waals surface area contributed by atoms with Gasteiger partial charge in [-0.15, -0.1) is 0 Å². The number of anilines is 4. The third-order valence-corrected chi connectivity index (χ3v) is 9.25. The fraction of sp³-hybridized carbons (Fsp3) is 0.585. The van der Waals surface area contributed by atoms with Crippen LogP contribution in [0.3, 0.4) is 0 Å². The van der Waals surface area contributed by atoms with E-state index in [1.807, 2.05) is 51.8 Å². The lowest BCUT2D eigenvalue weighted by atomic mass is 10.2. The van der Waals surface area contributed by atoms with Crippen molar-refractivity contribution in [2.45, 2.75) is 135 Å². The Morgan fingerprint density at radius 2 is 1.11 bits per heavy atom. The van der Waals surface area contributed by atoms with E-state index < -0.39 is 46.8 Å². The van der Waals surface area contributed by atoms with Crippen LogP contribution in [-0.2, 0) is 18.9 Å². The van der Waals surface area contributed by atoms with Crippen LogP contribution in [0.4, 0.5) is 42.4 Å². The zero-order valence-corrected chi connectivity index (χ0v) is 38.8. The normalized spacial score (nSPS) is 16.7. The van der Waals surface area contributed by atoms with E-state index in [1.165, 1.54) is 10.7 Å². The molecule has 4 N–H and O–H groups in total. The highest BCUT2D eigenvalue weighted by Gasteiger charge is 2.30. The van der Waals surface area contributed by atoms with Crippen LogP contribution < -0.4 is 31.1 Å². The molecule has 6 heterocycles. The second-order valence-corrected chi connectivity index (χ2v) is 19.8. The summed E-state index contributed by atoms with van der Waals surface area (Å²) in [6.45, 7) is 24.1. The van der Waals surface area contributed by atoms with Crippen molar-refractivity contribution in [3.05, 3.63) is 30.6 Å². The number of thioether (sulfide) groups is 1. The zero-order valence-electron chi connectivity index (χ0n) is 38.0. The Morgan fingerprint density at radius 1 is 0.667 bits per heavy atom. The summed E-state index contributed by atoms with van der Waals surface area (Å²) >= 11 is 0.938. The number of aromatic nitrogens is 6. The largest absolute Gasteiger partial charge is 0.444 e. The number of fused-ring (bicyclic) bond motifs is 2. The first-order valence-electron chi connectivity index (χ1n) is 20.5. The molecule has 342 valence electrons. The van der Waals surface area contributed by atoms with Gasteiger partial charge in [0.25, 0.3) is 0 Å². The smallest absolute Gasteiger partial charge is 0.413 e. The van der Waals surface area contributed by atoms with Gasteiger partial charge in [-0.2, -0.15) is 24.5 Å². The van der Waals surface area contributed by atoms with Crippen LogP contribution in [0.25, 0.3) is 11.3 Å². The number of rotatable bonds is 7. The zero-order chi connectivity index (χ0) is 46.5. The monoisotopic (exact) mass is 893 g/mol. The van der Waals surface area contributed by atoms with Gasteiger partial charge in [-0.05, 0) is 108 Å². The topological polar surface area (TPSA) is 244 Å². The Hall–Kier alpha value is -6.24. The first kappa shape index (κ1) is 47.8. The first-order chi connectivity index (χ1) is 29.2. The summed E-state index contributed by atoms with van der Waals surface area (Å²) in [7, 11) is 0. The Kier molecular flexibility index (Phi) is 14.4. The minimum atomic E-state index is -0.666. The first-order valence-corrected chi connectivity index (χ1v) is 21.3. The van der Waals surface area contributed by atoms with Gasteiger partial charge >= 0.3 is 24.4 Å². The van der Waals surface area contributed by atoms with E-state index in [1.54, 1.807) is 70.5 Å². The molecule has 22 heteroatoms. The molecule has 63 heavy (non-hydrogen) atoms. The van der Waals surface area contributed by atoms with E-state index in [2.05, 4.69) is 46.3 Å². The minimum Gasteiger partial charge on any atom is -0.444 e. The Morgan fingerprint density at radius 3 is 1.57 bits per heavy atom. The Bertz CT molecular complexity index is 2330. The van der Waals surface area contributed by atoms with Crippen molar-refractivity contribution in [2.24, 2.45) is 0 Å². The molecule has 6 rings (SSSR count). The number of hydrogen-bond acceptors (Lipinski definition) is 16. The average Bonchev–Trinajstić information content (AvgIpc) is 3.93. The molecule has 0 radical (unpaired) electrons. The van der Waals surface area contributed by atoms with Gasteiger partial charge in [-0.1, -0.05) is 0 Å².